The highest BCUT2D eigenvalue weighted by atomic mass is 32.1. The van der Waals surface area contributed by atoms with Gasteiger partial charge in [-0.3, -0.25) is 0 Å². The maximum absolute atomic E-state index is 6.19. The van der Waals surface area contributed by atoms with E-state index in [1.807, 2.05) is 24.3 Å². The summed E-state index contributed by atoms with van der Waals surface area (Å²) < 4.78 is 5.27. The Kier molecular flexibility index (Phi) is 3.92. The third-order valence-electron chi connectivity index (χ3n) is 3.97. The fraction of sp³-hybridized carbons (Fsp3) is 0.438. The third kappa shape index (κ3) is 2.66. The lowest BCUT2D eigenvalue weighted by atomic mass is 9.90. The summed E-state index contributed by atoms with van der Waals surface area (Å²) in [6.45, 7) is 0. The van der Waals surface area contributed by atoms with Gasteiger partial charge in [-0.05, 0) is 25.0 Å². The molecule has 2 aromatic rings. The first-order chi connectivity index (χ1) is 9.78. The van der Waals surface area contributed by atoms with E-state index in [2.05, 4.69) is 0 Å². The van der Waals surface area contributed by atoms with Crippen LogP contribution in [0.3, 0.4) is 0 Å². The lowest BCUT2D eigenvalue weighted by Gasteiger charge is -2.18. The molecular weight excluding hydrogens is 268 g/mol. The molecule has 1 aliphatic carbocycles. The minimum Gasteiger partial charge on any atom is -0.497 e. The highest BCUT2D eigenvalue weighted by Crippen LogP contribution is 2.40. The molecule has 0 saturated heterocycles. The maximum atomic E-state index is 6.19. The van der Waals surface area contributed by atoms with Crippen molar-refractivity contribution in [3.63, 3.8) is 0 Å². The molecule has 1 fully saturated rings. The fourth-order valence-electron chi connectivity index (χ4n) is 2.85. The minimum atomic E-state index is 0.607. The third-order valence-corrected chi connectivity index (χ3v) is 5.01. The number of hydrogen-bond acceptors (Lipinski definition) is 4. The Hall–Kier alpha value is -1.55. The van der Waals surface area contributed by atoms with Gasteiger partial charge in [0.25, 0.3) is 0 Å². The van der Waals surface area contributed by atoms with Gasteiger partial charge in [0.05, 0.1) is 12.1 Å². The molecule has 1 aromatic carbocycles. The number of nitrogen functional groups attached to an aromatic ring is 1. The molecule has 20 heavy (non-hydrogen) atoms. The number of nitrogens with two attached hydrogens (primary N) is 1. The van der Waals surface area contributed by atoms with Crippen molar-refractivity contribution in [1.82, 2.24) is 4.98 Å². The molecule has 0 amide bonds. The second-order valence-corrected chi connectivity index (χ2v) is 6.39. The smallest absolute Gasteiger partial charge is 0.119 e. The number of aromatic nitrogens is 1. The van der Waals surface area contributed by atoms with Crippen LogP contribution in [0.2, 0.25) is 0 Å². The van der Waals surface area contributed by atoms with Crippen LogP contribution in [0.15, 0.2) is 24.3 Å². The topological polar surface area (TPSA) is 48.1 Å². The van der Waals surface area contributed by atoms with Crippen molar-refractivity contribution in [3.8, 4) is 17.0 Å². The Bertz CT molecular complexity index is 588. The minimum absolute atomic E-state index is 0.607. The number of ether oxygens (including phenoxy) is 1. The molecule has 0 spiro atoms. The first kappa shape index (κ1) is 13.4. The first-order valence-electron chi connectivity index (χ1n) is 7.18. The number of anilines is 1. The van der Waals surface area contributed by atoms with E-state index in [1.54, 1.807) is 18.4 Å². The molecule has 1 saturated carbocycles. The van der Waals surface area contributed by atoms with E-state index in [0.29, 0.717) is 5.92 Å². The van der Waals surface area contributed by atoms with Crippen LogP contribution in [0.4, 0.5) is 5.00 Å². The number of nitrogens with zero attached hydrogens (tertiary/aromatic N) is 1. The van der Waals surface area contributed by atoms with Crippen molar-refractivity contribution in [2.24, 2.45) is 0 Å². The van der Waals surface area contributed by atoms with Gasteiger partial charge in [-0.15, -0.1) is 11.3 Å². The Balaban J connectivity index is 1.91. The van der Waals surface area contributed by atoms with E-state index in [0.717, 1.165) is 22.0 Å². The molecule has 4 heteroatoms. The summed E-state index contributed by atoms with van der Waals surface area (Å²) in [7, 11) is 1.68. The van der Waals surface area contributed by atoms with E-state index in [9.17, 15) is 0 Å². The molecule has 0 bridgehead atoms. The summed E-state index contributed by atoms with van der Waals surface area (Å²) >= 11 is 1.66. The van der Waals surface area contributed by atoms with Gasteiger partial charge in [-0.2, -0.15) is 0 Å². The van der Waals surface area contributed by atoms with E-state index >= 15 is 0 Å². The Morgan fingerprint density at radius 1 is 1.25 bits per heavy atom. The van der Waals surface area contributed by atoms with Crippen molar-refractivity contribution < 1.29 is 4.74 Å². The largest absolute Gasteiger partial charge is 0.497 e. The number of rotatable bonds is 3. The monoisotopic (exact) mass is 288 g/mol. The fourth-order valence-corrected chi connectivity index (χ4v) is 3.88. The van der Waals surface area contributed by atoms with Crippen LogP contribution in [0.25, 0.3) is 11.3 Å². The normalized spacial score (nSPS) is 16.2. The molecule has 1 aromatic heterocycles. The molecule has 0 aliphatic heterocycles. The van der Waals surface area contributed by atoms with Gasteiger partial charge in [-0.25, -0.2) is 4.98 Å². The van der Waals surface area contributed by atoms with Crippen LogP contribution in [0, 0.1) is 0 Å². The summed E-state index contributed by atoms with van der Waals surface area (Å²) in [6.07, 6.45) is 6.51. The molecule has 0 radical (unpaired) electrons. The highest BCUT2D eigenvalue weighted by Gasteiger charge is 2.21. The summed E-state index contributed by atoms with van der Waals surface area (Å²) in [5, 5.41) is 2.03. The molecule has 0 unspecified atom stereocenters. The maximum Gasteiger partial charge on any atom is 0.119 e. The average molecular weight is 288 g/mol. The van der Waals surface area contributed by atoms with Crippen LogP contribution in [0.1, 0.15) is 43.0 Å². The van der Waals surface area contributed by atoms with E-state index < -0.39 is 0 Å². The van der Waals surface area contributed by atoms with Crippen LogP contribution in [-0.4, -0.2) is 12.1 Å². The van der Waals surface area contributed by atoms with Gasteiger partial charge in [-0.1, -0.05) is 31.4 Å². The molecule has 3 nitrogen and oxygen atoms in total. The van der Waals surface area contributed by atoms with Crippen LogP contribution < -0.4 is 10.5 Å². The summed E-state index contributed by atoms with van der Waals surface area (Å²) in [5.41, 5.74) is 8.14. The predicted molar refractivity (Wildman–Crippen MR) is 84.3 cm³/mol. The van der Waals surface area contributed by atoms with Gasteiger partial charge in [0.15, 0.2) is 0 Å². The lowest BCUT2D eigenvalue weighted by molar-refractivity contribution is 0.415. The van der Waals surface area contributed by atoms with Crippen LogP contribution in [-0.2, 0) is 0 Å². The molecule has 3 rings (SSSR count). The van der Waals surface area contributed by atoms with E-state index in [1.165, 1.54) is 37.1 Å². The summed E-state index contributed by atoms with van der Waals surface area (Å²) in [4.78, 5) is 4.82. The number of thiazole rings is 1. The zero-order chi connectivity index (χ0) is 13.9. The molecular formula is C16H20N2OS. The molecule has 1 aliphatic rings. The first-order valence-corrected chi connectivity index (χ1v) is 8.00. The zero-order valence-electron chi connectivity index (χ0n) is 11.8. The van der Waals surface area contributed by atoms with Crippen molar-refractivity contribution in [1.29, 1.82) is 0 Å². The van der Waals surface area contributed by atoms with Crippen molar-refractivity contribution in [3.05, 3.63) is 29.3 Å². The Labute approximate surface area is 123 Å². The van der Waals surface area contributed by atoms with Crippen molar-refractivity contribution in [2.45, 2.75) is 38.0 Å². The summed E-state index contributed by atoms with van der Waals surface area (Å²) in [6, 6.07) is 7.95. The van der Waals surface area contributed by atoms with Crippen molar-refractivity contribution >= 4 is 16.3 Å². The molecule has 0 atom stereocenters. The SMILES string of the molecule is COc1cccc(-c2nc(C3CCCCC3)sc2N)c1. The van der Waals surface area contributed by atoms with Gasteiger partial charge in [0.1, 0.15) is 16.4 Å². The van der Waals surface area contributed by atoms with Gasteiger partial charge >= 0.3 is 0 Å². The van der Waals surface area contributed by atoms with Gasteiger partial charge < -0.3 is 10.5 Å². The van der Waals surface area contributed by atoms with Crippen molar-refractivity contribution in [2.75, 3.05) is 12.8 Å². The Morgan fingerprint density at radius 2 is 2.05 bits per heavy atom. The summed E-state index contributed by atoms with van der Waals surface area (Å²) in [5.74, 6) is 1.45. The second-order valence-electron chi connectivity index (χ2n) is 5.33. The molecule has 1 heterocycles. The van der Waals surface area contributed by atoms with Crippen LogP contribution in [0.5, 0.6) is 5.75 Å². The molecule has 106 valence electrons. The molecule has 2 N–H and O–H groups in total. The lowest BCUT2D eigenvalue weighted by Crippen LogP contribution is -2.03. The quantitative estimate of drug-likeness (QED) is 0.907. The Morgan fingerprint density at radius 3 is 2.80 bits per heavy atom. The zero-order valence-corrected chi connectivity index (χ0v) is 12.6. The number of methoxy groups -OCH3 is 1. The van der Waals surface area contributed by atoms with E-state index in [-0.39, 0.29) is 0 Å². The standard InChI is InChI=1S/C16H20N2OS/c1-19-13-9-5-8-12(10-13)14-15(17)20-16(18-14)11-6-3-2-4-7-11/h5,8-11H,2-4,6-7,17H2,1H3. The van der Waals surface area contributed by atoms with Gasteiger partial charge in [0.2, 0.25) is 0 Å². The second kappa shape index (κ2) is 5.83. The average Bonchev–Trinajstić information content (AvgIpc) is 2.90. The van der Waals surface area contributed by atoms with Crippen LogP contribution >= 0.6 is 11.3 Å². The highest BCUT2D eigenvalue weighted by molar-refractivity contribution is 7.16. The predicted octanol–water partition coefficient (Wildman–Crippen LogP) is 4.45. The number of hydrogen-bond donors (Lipinski definition) is 1. The van der Waals surface area contributed by atoms with Gasteiger partial charge in [0, 0.05) is 11.5 Å². The van der Waals surface area contributed by atoms with E-state index in [4.69, 9.17) is 15.5 Å². The number of benzene rings is 1.